The van der Waals surface area contributed by atoms with Crippen LogP contribution in [0.25, 0.3) is 0 Å². The molecule has 80 valence electrons. The Hall–Kier alpha value is -1.84. The molecule has 0 saturated heterocycles. The summed E-state index contributed by atoms with van der Waals surface area (Å²) in [5.41, 5.74) is 0.0677. The van der Waals surface area contributed by atoms with Crippen molar-refractivity contribution in [1.29, 1.82) is 0 Å². The van der Waals surface area contributed by atoms with E-state index in [1.165, 1.54) is 12.1 Å². The average molecular weight is 207 g/mol. The van der Waals surface area contributed by atoms with Crippen molar-refractivity contribution in [1.82, 2.24) is 4.57 Å². The molecule has 1 aromatic heterocycles. The Morgan fingerprint density at radius 1 is 1.67 bits per heavy atom. The van der Waals surface area contributed by atoms with Gasteiger partial charge in [-0.25, -0.2) is 0 Å². The first kappa shape index (κ1) is 11.2. The number of aromatic hydroxyl groups is 1. The lowest BCUT2D eigenvalue weighted by molar-refractivity contribution is -0.114. The van der Waals surface area contributed by atoms with Crippen LogP contribution in [0.5, 0.6) is 5.75 Å². The fourth-order valence-electron chi connectivity index (χ4n) is 1.24. The number of allylic oxidation sites excluding steroid dienone is 1. The topological polar surface area (TPSA) is 59.3 Å². The van der Waals surface area contributed by atoms with E-state index < -0.39 is 5.43 Å². The van der Waals surface area contributed by atoms with Gasteiger partial charge in [-0.1, -0.05) is 6.58 Å². The van der Waals surface area contributed by atoms with Gasteiger partial charge < -0.3 is 9.67 Å². The lowest BCUT2D eigenvalue weighted by atomic mass is 10.2. The number of hydrogen-bond donors (Lipinski definition) is 1. The number of carbonyl (C=O) groups excluding carboxylic acids is 1. The number of carbonyl (C=O) groups is 1. The van der Waals surface area contributed by atoms with Crippen molar-refractivity contribution >= 4 is 5.78 Å². The number of nitrogens with zero attached hydrogens (tertiary/aromatic N) is 1. The zero-order valence-electron chi connectivity index (χ0n) is 8.56. The summed E-state index contributed by atoms with van der Waals surface area (Å²) in [6.45, 7) is 5.44. The van der Waals surface area contributed by atoms with Gasteiger partial charge in [0.25, 0.3) is 0 Å². The van der Waals surface area contributed by atoms with E-state index >= 15 is 0 Å². The maximum absolute atomic E-state index is 11.0. The first-order chi connectivity index (χ1) is 7.06. The summed E-state index contributed by atoms with van der Waals surface area (Å²) >= 11 is 0. The summed E-state index contributed by atoms with van der Waals surface area (Å²) in [7, 11) is 0. The van der Waals surface area contributed by atoms with Crippen LogP contribution in [0.15, 0.2) is 29.7 Å². The molecule has 1 rings (SSSR count). The third-order valence-corrected chi connectivity index (χ3v) is 2.24. The van der Waals surface area contributed by atoms with E-state index in [4.69, 9.17) is 0 Å². The van der Waals surface area contributed by atoms with E-state index in [2.05, 4.69) is 6.58 Å². The van der Waals surface area contributed by atoms with Crippen molar-refractivity contribution in [3.05, 3.63) is 40.8 Å². The summed E-state index contributed by atoms with van der Waals surface area (Å²) in [6, 6.07) is 1.28. The predicted octanol–water partition coefficient (Wildman–Crippen LogP) is 1.01. The summed E-state index contributed by atoms with van der Waals surface area (Å²) in [4.78, 5) is 22.0. The Morgan fingerprint density at radius 3 is 2.93 bits per heavy atom. The van der Waals surface area contributed by atoms with Crippen LogP contribution in [-0.4, -0.2) is 15.5 Å². The molecule has 0 radical (unpaired) electrons. The van der Waals surface area contributed by atoms with Gasteiger partial charge in [0.05, 0.1) is 5.69 Å². The highest BCUT2D eigenvalue weighted by Gasteiger charge is 2.05. The van der Waals surface area contributed by atoms with Crippen LogP contribution in [-0.2, 0) is 11.3 Å². The fourth-order valence-corrected chi connectivity index (χ4v) is 1.24. The van der Waals surface area contributed by atoms with Gasteiger partial charge in [-0.2, -0.15) is 0 Å². The highest BCUT2D eigenvalue weighted by Crippen LogP contribution is 2.09. The zero-order chi connectivity index (χ0) is 11.4. The standard InChI is InChI=1S/C11H13NO3/c1-3-9(13)4-6-12-7-5-10(14)11(15)8(12)2/h3,5,7,15H,1,4,6H2,2H3. The van der Waals surface area contributed by atoms with E-state index in [0.717, 1.165) is 0 Å². The van der Waals surface area contributed by atoms with Crippen molar-refractivity contribution in [2.75, 3.05) is 0 Å². The number of hydrogen-bond acceptors (Lipinski definition) is 3. The number of rotatable bonds is 4. The van der Waals surface area contributed by atoms with Crippen molar-refractivity contribution < 1.29 is 9.90 Å². The van der Waals surface area contributed by atoms with Crippen LogP contribution in [0, 0.1) is 6.92 Å². The molecule has 0 aromatic carbocycles. The van der Waals surface area contributed by atoms with Gasteiger partial charge >= 0.3 is 0 Å². The third kappa shape index (κ3) is 2.56. The van der Waals surface area contributed by atoms with Gasteiger partial charge in [0.15, 0.2) is 11.5 Å². The van der Waals surface area contributed by atoms with Crippen LogP contribution in [0.3, 0.4) is 0 Å². The average Bonchev–Trinajstić information content (AvgIpc) is 2.24. The SMILES string of the molecule is C=CC(=O)CCn1ccc(=O)c(O)c1C. The minimum atomic E-state index is -0.404. The molecule has 15 heavy (non-hydrogen) atoms. The molecule has 4 heteroatoms. The molecule has 0 aliphatic heterocycles. The molecular formula is C11H13NO3. The molecule has 0 aliphatic carbocycles. The van der Waals surface area contributed by atoms with Crippen LogP contribution in [0.2, 0.25) is 0 Å². The van der Waals surface area contributed by atoms with Gasteiger partial charge in [-0.15, -0.1) is 0 Å². The number of aryl methyl sites for hydroxylation is 1. The molecule has 1 N–H and O–H groups in total. The summed E-state index contributed by atoms with van der Waals surface area (Å²) in [6.07, 6.45) is 3.14. The maximum atomic E-state index is 11.0. The molecule has 0 bridgehead atoms. The molecule has 0 unspecified atom stereocenters. The molecule has 0 atom stereocenters. The second-order valence-electron chi connectivity index (χ2n) is 3.23. The van der Waals surface area contributed by atoms with Gasteiger partial charge in [0.1, 0.15) is 0 Å². The predicted molar refractivity (Wildman–Crippen MR) is 56.9 cm³/mol. The zero-order valence-corrected chi connectivity index (χ0v) is 8.56. The van der Waals surface area contributed by atoms with Crippen LogP contribution in [0.4, 0.5) is 0 Å². The molecule has 1 aromatic rings. The van der Waals surface area contributed by atoms with Crippen LogP contribution < -0.4 is 5.43 Å². The molecular weight excluding hydrogens is 194 g/mol. The van der Waals surface area contributed by atoms with E-state index in [9.17, 15) is 14.7 Å². The highest BCUT2D eigenvalue weighted by molar-refractivity contribution is 5.88. The molecule has 4 nitrogen and oxygen atoms in total. The van der Waals surface area contributed by atoms with Crippen molar-refractivity contribution in [2.24, 2.45) is 0 Å². The number of aromatic nitrogens is 1. The van der Waals surface area contributed by atoms with Gasteiger partial charge in [-0.05, 0) is 13.0 Å². The quantitative estimate of drug-likeness (QED) is 0.749. The van der Waals surface area contributed by atoms with Gasteiger partial charge in [-0.3, -0.25) is 9.59 Å². The first-order valence-corrected chi connectivity index (χ1v) is 4.60. The summed E-state index contributed by atoms with van der Waals surface area (Å²) in [5, 5.41) is 9.37. The highest BCUT2D eigenvalue weighted by atomic mass is 16.3. The molecule has 1 heterocycles. The lowest BCUT2D eigenvalue weighted by Crippen LogP contribution is -2.11. The minimum Gasteiger partial charge on any atom is -0.503 e. The minimum absolute atomic E-state index is 0.0624. The van der Waals surface area contributed by atoms with Gasteiger partial charge in [0, 0.05) is 25.2 Å². The number of ketones is 1. The van der Waals surface area contributed by atoms with E-state index in [-0.39, 0.29) is 11.5 Å². The van der Waals surface area contributed by atoms with Crippen LogP contribution in [0.1, 0.15) is 12.1 Å². The molecule has 0 amide bonds. The first-order valence-electron chi connectivity index (χ1n) is 4.60. The molecule has 0 aliphatic rings. The van der Waals surface area contributed by atoms with Crippen molar-refractivity contribution in [3.63, 3.8) is 0 Å². The van der Waals surface area contributed by atoms with Crippen LogP contribution >= 0.6 is 0 Å². The Kier molecular flexibility index (Phi) is 3.44. The molecule has 0 fully saturated rings. The summed E-state index contributed by atoms with van der Waals surface area (Å²) in [5.74, 6) is -0.323. The normalized spacial score (nSPS) is 9.93. The Morgan fingerprint density at radius 2 is 2.33 bits per heavy atom. The molecule has 0 saturated carbocycles. The second-order valence-corrected chi connectivity index (χ2v) is 3.23. The third-order valence-electron chi connectivity index (χ3n) is 2.24. The van der Waals surface area contributed by atoms with Crippen molar-refractivity contribution in [3.8, 4) is 5.75 Å². The largest absolute Gasteiger partial charge is 0.503 e. The second kappa shape index (κ2) is 4.59. The van der Waals surface area contributed by atoms with Crippen molar-refractivity contribution in [2.45, 2.75) is 19.9 Å². The van der Waals surface area contributed by atoms with E-state index in [0.29, 0.717) is 18.7 Å². The van der Waals surface area contributed by atoms with E-state index in [1.807, 2.05) is 0 Å². The Balaban J connectivity index is 2.87. The smallest absolute Gasteiger partial charge is 0.223 e. The van der Waals surface area contributed by atoms with E-state index in [1.54, 1.807) is 17.7 Å². The maximum Gasteiger partial charge on any atom is 0.223 e. The Bertz CT molecular complexity index is 446. The Labute approximate surface area is 87.5 Å². The summed E-state index contributed by atoms with van der Waals surface area (Å²) < 4.78 is 1.66. The van der Waals surface area contributed by atoms with Gasteiger partial charge in [0.2, 0.25) is 5.43 Å². The molecule has 0 spiro atoms. The monoisotopic (exact) mass is 207 g/mol. The number of pyridine rings is 1. The fraction of sp³-hybridized carbons (Fsp3) is 0.273. The lowest BCUT2D eigenvalue weighted by Gasteiger charge is -2.09.